The van der Waals surface area contributed by atoms with Crippen LogP contribution in [0.3, 0.4) is 0 Å². The summed E-state index contributed by atoms with van der Waals surface area (Å²) in [5.41, 5.74) is 0. The largest absolute Gasteiger partial charge is 0.497 e. The third-order valence-corrected chi connectivity index (χ3v) is 2.38. The summed E-state index contributed by atoms with van der Waals surface area (Å²) in [7, 11) is 1.51. The van der Waals surface area contributed by atoms with Gasteiger partial charge in [-0.25, -0.2) is 4.21 Å². The monoisotopic (exact) mass is 250 g/mol. The molecule has 3 nitrogen and oxygen atoms in total. The minimum Gasteiger partial charge on any atom is -0.497 e. The van der Waals surface area contributed by atoms with Crippen molar-refractivity contribution < 1.29 is 13.5 Å². The molecule has 1 rings (SSSR count). The van der Waals surface area contributed by atoms with Gasteiger partial charge in [-0.3, -0.25) is 0 Å². The van der Waals surface area contributed by atoms with Crippen molar-refractivity contribution in [1.29, 1.82) is 0 Å². The predicted molar refractivity (Wildman–Crippen MR) is 49.7 cm³/mol. The van der Waals surface area contributed by atoms with Crippen LogP contribution >= 0.6 is 15.9 Å². The van der Waals surface area contributed by atoms with Gasteiger partial charge in [0.1, 0.15) is 5.75 Å². The number of benzene rings is 1. The molecule has 0 heterocycles. The Morgan fingerprint density at radius 1 is 1.50 bits per heavy atom. The number of rotatable bonds is 2. The molecule has 1 atom stereocenters. The van der Waals surface area contributed by atoms with Crippen molar-refractivity contribution in [3.05, 3.63) is 22.7 Å². The third kappa shape index (κ3) is 2.30. The van der Waals surface area contributed by atoms with E-state index in [1.54, 1.807) is 12.1 Å². The lowest BCUT2D eigenvalue weighted by Crippen LogP contribution is -1.90. The highest BCUT2D eigenvalue weighted by molar-refractivity contribution is 9.10. The predicted octanol–water partition coefficient (Wildman–Crippen LogP) is 2.04. The summed E-state index contributed by atoms with van der Waals surface area (Å²) in [6.07, 6.45) is 0. The number of hydrogen-bond donors (Lipinski definition) is 1. The molecule has 0 aliphatic carbocycles. The van der Waals surface area contributed by atoms with Crippen molar-refractivity contribution in [2.45, 2.75) is 4.90 Å². The van der Waals surface area contributed by atoms with E-state index >= 15 is 0 Å². The minimum atomic E-state index is -1.96. The van der Waals surface area contributed by atoms with Gasteiger partial charge in [0.25, 0.3) is 0 Å². The maximum Gasteiger partial charge on any atom is 0.186 e. The highest BCUT2D eigenvalue weighted by Crippen LogP contribution is 2.22. The highest BCUT2D eigenvalue weighted by Gasteiger charge is 2.03. The number of methoxy groups -OCH3 is 1. The summed E-state index contributed by atoms with van der Waals surface area (Å²) < 4.78 is 25.1. The Bertz CT molecular complexity index is 314. The fourth-order valence-corrected chi connectivity index (χ4v) is 1.82. The smallest absolute Gasteiger partial charge is 0.186 e. The number of hydrogen-bond acceptors (Lipinski definition) is 2. The highest BCUT2D eigenvalue weighted by atomic mass is 79.9. The molecule has 1 unspecified atom stereocenters. The summed E-state index contributed by atoms with van der Waals surface area (Å²) in [6.45, 7) is 0. The van der Waals surface area contributed by atoms with E-state index < -0.39 is 11.1 Å². The zero-order chi connectivity index (χ0) is 9.14. The van der Waals surface area contributed by atoms with Crippen molar-refractivity contribution in [2.75, 3.05) is 7.11 Å². The summed E-state index contributed by atoms with van der Waals surface area (Å²) in [5.74, 6) is 0.557. The Morgan fingerprint density at radius 2 is 2.17 bits per heavy atom. The summed E-state index contributed by atoms with van der Waals surface area (Å²) in [5, 5.41) is 0. The topological polar surface area (TPSA) is 46.5 Å². The van der Waals surface area contributed by atoms with Gasteiger partial charge in [-0.15, -0.1) is 0 Å². The van der Waals surface area contributed by atoms with Gasteiger partial charge in [0, 0.05) is 4.47 Å². The molecule has 0 saturated carbocycles. The van der Waals surface area contributed by atoms with Gasteiger partial charge < -0.3 is 9.29 Å². The summed E-state index contributed by atoms with van der Waals surface area (Å²) in [4.78, 5) is 0.321. The van der Waals surface area contributed by atoms with E-state index in [0.717, 1.165) is 4.47 Å². The lowest BCUT2D eigenvalue weighted by atomic mass is 10.3. The lowest BCUT2D eigenvalue weighted by molar-refractivity contribution is 0.413. The molecule has 0 spiro atoms. The second kappa shape index (κ2) is 4.02. The molecule has 1 aromatic carbocycles. The van der Waals surface area contributed by atoms with E-state index in [-0.39, 0.29) is 0 Å². The quantitative estimate of drug-likeness (QED) is 0.818. The molecular formula is C7H7BrO3S. The van der Waals surface area contributed by atoms with E-state index in [4.69, 9.17) is 9.29 Å². The van der Waals surface area contributed by atoms with Crippen molar-refractivity contribution in [2.24, 2.45) is 0 Å². The first-order chi connectivity index (χ1) is 5.63. The van der Waals surface area contributed by atoms with Crippen LogP contribution < -0.4 is 4.74 Å². The normalized spacial score (nSPS) is 12.6. The van der Waals surface area contributed by atoms with E-state index in [1.165, 1.54) is 13.2 Å². The van der Waals surface area contributed by atoms with E-state index in [9.17, 15) is 4.21 Å². The van der Waals surface area contributed by atoms with Gasteiger partial charge in [0.05, 0.1) is 12.0 Å². The van der Waals surface area contributed by atoms with E-state index in [0.29, 0.717) is 10.6 Å². The second-order valence-corrected chi connectivity index (χ2v) is 3.96. The first-order valence-electron chi connectivity index (χ1n) is 3.09. The Kier molecular flexibility index (Phi) is 3.25. The zero-order valence-corrected chi connectivity index (χ0v) is 8.68. The fraction of sp³-hybridized carbons (Fsp3) is 0.143. The standard InChI is InChI=1S/C7H7BrO3S/c1-11-6-2-5(8)3-7(4-6)12(9)10/h2-4H,1H3,(H,9,10). The average Bonchev–Trinajstić information content (AvgIpc) is 2.03. The van der Waals surface area contributed by atoms with Gasteiger partial charge in [-0.05, 0) is 18.2 Å². The molecule has 0 radical (unpaired) electrons. The fourth-order valence-electron chi connectivity index (χ4n) is 0.756. The van der Waals surface area contributed by atoms with E-state index in [2.05, 4.69) is 15.9 Å². The van der Waals surface area contributed by atoms with Crippen molar-refractivity contribution in [3.8, 4) is 5.75 Å². The zero-order valence-electron chi connectivity index (χ0n) is 6.28. The van der Waals surface area contributed by atoms with E-state index in [1.807, 2.05) is 0 Å². The molecule has 12 heavy (non-hydrogen) atoms. The molecule has 0 amide bonds. The first kappa shape index (κ1) is 9.70. The maximum absolute atomic E-state index is 10.7. The van der Waals surface area contributed by atoms with Crippen LogP contribution in [0.15, 0.2) is 27.6 Å². The molecule has 0 saturated heterocycles. The average molecular weight is 251 g/mol. The molecule has 0 aliphatic rings. The van der Waals surface area contributed by atoms with Gasteiger partial charge in [-0.2, -0.15) is 0 Å². The van der Waals surface area contributed by atoms with Crippen LogP contribution in [0.4, 0.5) is 0 Å². The van der Waals surface area contributed by atoms with Crippen LogP contribution in [0.25, 0.3) is 0 Å². The molecular weight excluding hydrogens is 244 g/mol. The van der Waals surface area contributed by atoms with Crippen molar-refractivity contribution in [3.63, 3.8) is 0 Å². The van der Waals surface area contributed by atoms with Gasteiger partial charge >= 0.3 is 0 Å². The van der Waals surface area contributed by atoms with Gasteiger partial charge in [0.15, 0.2) is 11.1 Å². The number of ether oxygens (including phenoxy) is 1. The molecule has 0 aromatic heterocycles. The maximum atomic E-state index is 10.7. The molecule has 66 valence electrons. The second-order valence-electron chi connectivity index (χ2n) is 2.08. The molecule has 0 aliphatic heterocycles. The minimum absolute atomic E-state index is 0.321. The Morgan fingerprint density at radius 3 is 2.67 bits per heavy atom. The number of halogens is 1. The summed E-state index contributed by atoms with van der Waals surface area (Å²) in [6, 6.07) is 4.80. The SMILES string of the molecule is COc1cc(Br)cc(S(=O)O)c1. The van der Waals surface area contributed by atoms with Crippen molar-refractivity contribution >= 4 is 27.0 Å². The van der Waals surface area contributed by atoms with Crippen LogP contribution in [-0.4, -0.2) is 15.9 Å². The third-order valence-electron chi connectivity index (χ3n) is 1.28. The van der Waals surface area contributed by atoms with Crippen LogP contribution in [-0.2, 0) is 11.1 Å². The summed E-state index contributed by atoms with van der Waals surface area (Å²) >= 11 is 1.24. The Balaban J connectivity index is 3.15. The van der Waals surface area contributed by atoms with Gasteiger partial charge in [0.2, 0.25) is 0 Å². The van der Waals surface area contributed by atoms with Gasteiger partial charge in [-0.1, -0.05) is 15.9 Å². The molecule has 5 heteroatoms. The molecule has 1 N–H and O–H groups in total. The van der Waals surface area contributed by atoms with Crippen LogP contribution in [0.1, 0.15) is 0 Å². The van der Waals surface area contributed by atoms with Crippen LogP contribution in [0, 0.1) is 0 Å². The Labute approximate surface area is 81.2 Å². The molecule has 0 fully saturated rings. The molecule has 1 aromatic rings. The first-order valence-corrected chi connectivity index (χ1v) is 4.99. The van der Waals surface area contributed by atoms with Crippen LogP contribution in [0.2, 0.25) is 0 Å². The van der Waals surface area contributed by atoms with Crippen LogP contribution in [0.5, 0.6) is 5.75 Å². The van der Waals surface area contributed by atoms with Crippen molar-refractivity contribution in [1.82, 2.24) is 0 Å². The Hall–Kier alpha value is -0.390. The molecule has 0 bridgehead atoms. The lowest BCUT2D eigenvalue weighted by Gasteiger charge is -2.02.